The molecule has 31 heavy (non-hydrogen) atoms. The van der Waals surface area contributed by atoms with Gasteiger partial charge in [-0.15, -0.1) is 12.4 Å². The van der Waals surface area contributed by atoms with Crippen molar-refractivity contribution in [3.8, 4) is 0 Å². The Balaban J connectivity index is 0.00000272. The first-order valence-corrected chi connectivity index (χ1v) is 10.8. The SMILES string of the molecule is Cl.O=C(O)[C@@H]1CCCN(CCCOCC=C2c3ccccc3C=Cc3ccccc32)C1. The number of carboxylic acid groups (broad SMARTS) is 1. The predicted molar refractivity (Wildman–Crippen MR) is 128 cm³/mol. The number of nitrogens with zero attached hydrogens (tertiary/aromatic N) is 1. The number of aliphatic carboxylic acids is 1. The van der Waals surface area contributed by atoms with Gasteiger partial charge in [0, 0.05) is 19.7 Å². The second-order valence-corrected chi connectivity index (χ2v) is 8.03. The normalized spacial score (nSPS) is 17.8. The van der Waals surface area contributed by atoms with E-state index in [0.29, 0.717) is 19.8 Å². The van der Waals surface area contributed by atoms with Gasteiger partial charge in [-0.3, -0.25) is 4.79 Å². The number of benzene rings is 2. The first-order valence-electron chi connectivity index (χ1n) is 10.8. The number of carbonyl (C=O) groups is 1. The number of likely N-dealkylation sites (tertiary alicyclic amines) is 1. The number of rotatable bonds is 7. The van der Waals surface area contributed by atoms with Gasteiger partial charge in [0.2, 0.25) is 0 Å². The van der Waals surface area contributed by atoms with E-state index in [1.54, 1.807) is 0 Å². The first kappa shape index (κ1) is 23.3. The maximum Gasteiger partial charge on any atom is 0.307 e. The zero-order valence-electron chi connectivity index (χ0n) is 17.7. The number of hydrogen-bond acceptors (Lipinski definition) is 3. The molecule has 0 spiro atoms. The Morgan fingerprint density at radius 1 is 1.06 bits per heavy atom. The quantitative estimate of drug-likeness (QED) is 0.512. The fourth-order valence-corrected chi connectivity index (χ4v) is 4.40. The molecule has 0 saturated carbocycles. The molecule has 1 saturated heterocycles. The van der Waals surface area contributed by atoms with E-state index in [9.17, 15) is 9.90 Å². The lowest BCUT2D eigenvalue weighted by molar-refractivity contribution is -0.143. The average molecular weight is 440 g/mol. The van der Waals surface area contributed by atoms with Gasteiger partial charge in [0.15, 0.2) is 0 Å². The predicted octanol–water partition coefficient (Wildman–Crippen LogP) is 5.23. The van der Waals surface area contributed by atoms with Gasteiger partial charge in [-0.2, -0.15) is 0 Å². The van der Waals surface area contributed by atoms with E-state index in [1.165, 1.54) is 27.8 Å². The van der Waals surface area contributed by atoms with Crippen molar-refractivity contribution in [3.05, 3.63) is 76.9 Å². The lowest BCUT2D eigenvalue weighted by atomic mass is 9.93. The molecule has 2 aliphatic rings. The highest BCUT2D eigenvalue weighted by Gasteiger charge is 2.24. The molecular weight excluding hydrogens is 410 g/mol. The van der Waals surface area contributed by atoms with Crippen LogP contribution in [0.3, 0.4) is 0 Å². The number of piperidine rings is 1. The minimum atomic E-state index is -0.666. The number of ether oxygens (including phenoxy) is 1. The van der Waals surface area contributed by atoms with Gasteiger partial charge >= 0.3 is 5.97 Å². The minimum Gasteiger partial charge on any atom is -0.481 e. The van der Waals surface area contributed by atoms with Crippen molar-refractivity contribution in [1.82, 2.24) is 4.90 Å². The van der Waals surface area contributed by atoms with E-state index < -0.39 is 5.97 Å². The second kappa shape index (κ2) is 11.3. The van der Waals surface area contributed by atoms with Crippen LogP contribution in [-0.2, 0) is 9.53 Å². The standard InChI is InChI=1S/C26H29NO3.ClH/c28-26(29)22-9-5-15-27(19-22)16-6-17-30-18-14-25-23-10-3-1-7-20(23)12-13-21-8-2-4-11-24(21)25;/h1-4,7-8,10-14,22H,5-6,9,15-19H2,(H,28,29);1H/t22-;/m1./s1. The van der Waals surface area contributed by atoms with Gasteiger partial charge in [0.25, 0.3) is 0 Å². The Kier molecular flexibility index (Phi) is 8.47. The molecular formula is C26H30ClNO3. The molecule has 1 N–H and O–H groups in total. The third kappa shape index (κ3) is 5.85. The summed E-state index contributed by atoms with van der Waals surface area (Å²) in [6, 6.07) is 16.9. The third-order valence-electron chi connectivity index (χ3n) is 5.97. The maximum atomic E-state index is 11.2. The first-order chi connectivity index (χ1) is 14.7. The fourth-order valence-electron chi connectivity index (χ4n) is 4.40. The van der Waals surface area contributed by atoms with Gasteiger partial charge in [0.05, 0.1) is 12.5 Å². The smallest absolute Gasteiger partial charge is 0.307 e. The van der Waals surface area contributed by atoms with Crippen LogP contribution in [0.25, 0.3) is 17.7 Å². The molecule has 4 nitrogen and oxygen atoms in total. The lowest BCUT2D eigenvalue weighted by Gasteiger charge is -2.30. The molecule has 5 heteroatoms. The number of hydrogen-bond donors (Lipinski definition) is 1. The van der Waals surface area contributed by atoms with Gasteiger partial charge in [-0.25, -0.2) is 0 Å². The van der Waals surface area contributed by atoms with E-state index in [2.05, 4.69) is 71.7 Å². The van der Waals surface area contributed by atoms with Crippen LogP contribution < -0.4 is 0 Å². The Morgan fingerprint density at radius 3 is 2.35 bits per heavy atom. The highest BCUT2D eigenvalue weighted by atomic mass is 35.5. The summed E-state index contributed by atoms with van der Waals surface area (Å²) in [5.74, 6) is -0.880. The molecule has 4 rings (SSSR count). The molecule has 1 heterocycles. The molecule has 1 aliphatic heterocycles. The van der Waals surface area contributed by atoms with Crippen molar-refractivity contribution >= 4 is 36.1 Å². The summed E-state index contributed by atoms with van der Waals surface area (Å²) in [7, 11) is 0. The number of halogens is 1. The van der Waals surface area contributed by atoms with Crippen molar-refractivity contribution in [2.45, 2.75) is 19.3 Å². The van der Waals surface area contributed by atoms with Crippen molar-refractivity contribution < 1.29 is 14.6 Å². The second-order valence-electron chi connectivity index (χ2n) is 8.03. The van der Waals surface area contributed by atoms with Crippen LogP contribution in [0.4, 0.5) is 0 Å². The molecule has 2 aromatic rings. The third-order valence-corrected chi connectivity index (χ3v) is 5.97. The Morgan fingerprint density at radius 2 is 1.71 bits per heavy atom. The number of fused-ring (bicyclic) bond motifs is 2. The highest BCUT2D eigenvalue weighted by molar-refractivity contribution is 5.93. The molecule has 0 radical (unpaired) electrons. The van der Waals surface area contributed by atoms with E-state index >= 15 is 0 Å². The molecule has 1 atom stereocenters. The molecule has 0 aromatic heterocycles. The number of carboxylic acids is 1. The van der Waals surface area contributed by atoms with Crippen molar-refractivity contribution in [3.63, 3.8) is 0 Å². The summed E-state index contributed by atoms with van der Waals surface area (Å²) in [6.07, 6.45) is 9.23. The van der Waals surface area contributed by atoms with Crippen molar-refractivity contribution in [1.29, 1.82) is 0 Å². The Labute approximate surface area is 190 Å². The van der Waals surface area contributed by atoms with E-state index in [-0.39, 0.29) is 18.3 Å². The molecule has 1 fully saturated rings. The van der Waals surface area contributed by atoms with E-state index in [0.717, 1.165) is 32.4 Å². The van der Waals surface area contributed by atoms with Crippen LogP contribution in [0.15, 0.2) is 54.6 Å². The minimum absolute atomic E-state index is 0. The molecule has 164 valence electrons. The zero-order chi connectivity index (χ0) is 20.8. The van der Waals surface area contributed by atoms with Crippen molar-refractivity contribution in [2.24, 2.45) is 5.92 Å². The summed E-state index contributed by atoms with van der Waals surface area (Å²) in [4.78, 5) is 13.5. The van der Waals surface area contributed by atoms with Crippen molar-refractivity contribution in [2.75, 3.05) is 32.8 Å². The zero-order valence-corrected chi connectivity index (χ0v) is 18.5. The average Bonchev–Trinajstić information content (AvgIpc) is 2.93. The van der Waals surface area contributed by atoms with Gasteiger partial charge in [-0.1, -0.05) is 66.8 Å². The largest absolute Gasteiger partial charge is 0.481 e. The summed E-state index contributed by atoms with van der Waals surface area (Å²) in [6.45, 7) is 3.81. The molecule has 1 aliphatic carbocycles. The summed E-state index contributed by atoms with van der Waals surface area (Å²) in [5.41, 5.74) is 6.12. The highest BCUT2D eigenvalue weighted by Crippen LogP contribution is 2.33. The van der Waals surface area contributed by atoms with Crippen LogP contribution in [0, 0.1) is 5.92 Å². The van der Waals surface area contributed by atoms with E-state index in [4.69, 9.17) is 4.74 Å². The maximum absolute atomic E-state index is 11.2. The van der Waals surface area contributed by atoms with Gasteiger partial charge in [0.1, 0.15) is 0 Å². The monoisotopic (exact) mass is 439 g/mol. The Bertz CT molecular complexity index is 902. The van der Waals surface area contributed by atoms with Crippen LogP contribution >= 0.6 is 12.4 Å². The van der Waals surface area contributed by atoms with Gasteiger partial charge < -0.3 is 14.7 Å². The molecule has 0 bridgehead atoms. The fraction of sp³-hybridized carbons (Fsp3) is 0.346. The van der Waals surface area contributed by atoms with Crippen LogP contribution in [-0.4, -0.2) is 48.8 Å². The molecule has 0 amide bonds. The lowest BCUT2D eigenvalue weighted by Crippen LogP contribution is -2.39. The molecule has 2 aromatic carbocycles. The molecule has 0 unspecified atom stereocenters. The summed E-state index contributed by atoms with van der Waals surface area (Å²) >= 11 is 0. The van der Waals surface area contributed by atoms with Crippen LogP contribution in [0.1, 0.15) is 41.5 Å². The Hall–Kier alpha value is -2.40. The van der Waals surface area contributed by atoms with Gasteiger partial charge in [-0.05, 0) is 53.6 Å². The topological polar surface area (TPSA) is 49.8 Å². The van der Waals surface area contributed by atoms with Crippen LogP contribution in [0.2, 0.25) is 0 Å². The summed E-state index contributed by atoms with van der Waals surface area (Å²) < 4.78 is 5.93. The van der Waals surface area contributed by atoms with E-state index in [1.807, 2.05) is 0 Å². The van der Waals surface area contributed by atoms with Crippen LogP contribution in [0.5, 0.6) is 0 Å². The summed E-state index contributed by atoms with van der Waals surface area (Å²) in [5, 5.41) is 9.22.